The third-order valence-corrected chi connectivity index (χ3v) is 3.67. The zero-order chi connectivity index (χ0) is 13.3. The Kier molecular flexibility index (Phi) is 4.00. The Hall–Kier alpha value is -0.960. The Morgan fingerprint density at radius 1 is 1.22 bits per heavy atom. The van der Waals surface area contributed by atoms with Crippen LogP contribution in [0.2, 0.25) is 10.0 Å². The molecule has 2 N–H and O–H groups in total. The van der Waals surface area contributed by atoms with Crippen molar-refractivity contribution in [3.8, 4) is 11.3 Å². The van der Waals surface area contributed by atoms with Crippen molar-refractivity contribution in [2.24, 2.45) is 5.73 Å². The Balaban J connectivity index is 2.43. The van der Waals surface area contributed by atoms with Gasteiger partial charge in [-0.2, -0.15) is 0 Å². The minimum atomic E-state index is -0.0848. The van der Waals surface area contributed by atoms with Gasteiger partial charge in [0, 0.05) is 10.6 Å². The highest BCUT2D eigenvalue weighted by Gasteiger charge is 2.13. The number of nitrogens with two attached hydrogens (primary N) is 1. The van der Waals surface area contributed by atoms with Gasteiger partial charge >= 0.3 is 0 Å². The van der Waals surface area contributed by atoms with Crippen LogP contribution in [0.25, 0.3) is 11.3 Å². The maximum Gasteiger partial charge on any atom is 0.135 e. The molecule has 1 aromatic heterocycles. The largest absolute Gasteiger partial charge is 0.459 e. The number of rotatable bonds is 3. The molecule has 4 heteroatoms. The van der Waals surface area contributed by atoms with Gasteiger partial charge in [-0.15, -0.1) is 0 Å². The SMILES string of the molecule is CCC(N)c1ccc(-c2cc(Cl)c(C)cc2Cl)o1. The van der Waals surface area contributed by atoms with Crippen LogP contribution in [-0.4, -0.2) is 0 Å². The predicted molar refractivity (Wildman–Crippen MR) is 76.1 cm³/mol. The van der Waals surface area contributed by atoms with Gasteiger partial charge in [-0.1, -0.05) is 30.1 Å². The van der Waals surface area contributed by atoms with Gasteiger partial charge in [0.25, 0.3) is 0 Å². The van der Waals surface area contributed by atoms with Crippen molar-refractivity contribution in [3.63, 3.8) is 0 Å². The Morgan fingerprint density at radius 3 is 2.61 bits per heavy atom. The molecule has 0 amide bonds. The van der Waals surface area contributed by atoms with Crippen molar-refractivity contribution in [3.05, 3.63) is 45.6 Å². The average Bonchev–Trinajstić information content (AvgIpc) is 2.82. The molecule has 0 spiro atoms. The minimum Gasteiger partial charge on any atom is -0.459 e. The molecule has 1 atom stereocenters. The van der Waals surface area contributed by atoms with Gasteiger partial charge in [-0.05, 0) is 43.2 Å². The molecule has 2 rings (SSSR count). The molecule has 0 fully saturated rings. The van der Waals surface area contributed by atoms with Crippen molar-refractivity contribution in [1.82, 2.24) is 0 Å². The second kappa shape index (κ2) is 5.35. The summed E-state index contributed by atoms with van der Waals surface area (Å²) in [5.74, 6) is 1.46. The summed E-state index contributed by atoms with van der Waals surface area (Å²) in [6, 6.07) is 7.32. The van der Waals surface area contributed by atoms with Crippen LogP contribution in [0.1, 0.15) is 30.7 Å². The van der Waals surface area contributed by atoms with Crippen LogP contribution in [0.4, 0.5) is 0 Å². The summed E-state index contributed by atoms with van der Waals surface area (Å²) in [6.07, 6.45) is 0.829. The van der Waals surface area contributed by atoms with Crippen molar-refractivity contribution >= 4 is 23.2 Å². The Bertz CT molecular complexity index is 563. The fourth-order valence-corrected chi connectivity index (χ4v) is 2.21. The van der Waals surface area contributed by atoms with E-state index in [9.17, 15) is 0 Å². The van der Waals surface area contributed by atoms with Crippen LogP contribution in [0.15, 0.2) is 28.7 Å². The summed E-state index contributed by atoms with van der Waals surface area (Å²) >= 11 is 12.3. The normalized spacial score (nSPS) is 12.7. The van der Waals surface area contributed by atoms with Gasteiger partial charge in [0.05, 0.1) is 11.1 Å². The second-order valence-electron chi connectivity index (χ2n) is 4.30. The first-order chi connectivity index (χ1) is 8.52. The molecule has 0 aliphatic carbocycles. The number of aryl methyl sites for hydroxylation is 1. The molecular weight excluding hydrogens is 269 g/mol. The summed E-state index contributed by atoms with van der Waals surface area (Å²) in [4.78, 5) is 0. The molecule has 1 unspecified atom stereocenters. The molecule has 0 saturated carbocycles. The topological polar surface area (TPSA) is 39.2 Å². The molecular formula is C14H15Cl2NO. The smallest absolute Gasteiger partial charge is 0.135 e. The van der Waals surface area contributed by atoms with Gasteiger partial charge in [-0.25, -0.2) is 0 Å². The van der Waals surface area contributed by atoms with Gasteiger partial charge < -0.3 is 10.2 Å². The van der Waals surface area contributed by atoms with Crippen LogP contribution in [-0.2, 0) is 0 Å². The zero-order valence-electron chi connectivity index (χ0n) is 10.3. The lowest BCUT2D eigenvalue weighted by atomic mass is 10.1. The zero-order valence-corrected chi connectivity index (χ0v) is 11.8. The number of hydrogen-bond donors (Lipinski definition) is 1. The third kappa shape index (κ3) is 2.56. The molecule has 0 bridgehead atoms. The van der Waals surface area contributed by atoms with E-state index in [2.05, 4.69) is 0 Å². The summed E-state index contributed by atoms with van der Waals surface area (Å²) in [6.45, 7) is 3.93. The maximum absolute atomic E-state index is 6.21. The highest BCUT2D eigenvalue weighted by atomic mass is 35.5. The number of benzene rings is 1. The lowest BCUT2D eigenvalue weighted by Crippen LogP contribution is -2.06. The summed E-state index contributed by atoms with van der Waals surface area (Å²) in [5, 5.41) is 1.30. The van der Waals surface area contributed by atoms with Crippen molar-refractivity contribution < 1.29 is 4.42 Å². The van der Waals surface area contributed by atoms with Gasteiger partial charge in [0.1, 0.15) is 11.5 Å². The standard InChI is InChI=1S/C14H15Cl2NO/c1-3-12(17)14-5-4-13(18-14)9-7-10(15)8(2)6-11(9)16/h4-7,12H,3,17H2,1-2H3. The highest BCUT2D eigenvalue weighted by Crippen LogP contribution is 2.34. The monoisotopic (exact) mass is 283 g/mol. The highest BCUT2D eigenvalue weighted by molar-refractivity contribution is 6.35. The summed E-state index contributed by atoms with van der Waals surface area (Å²) in [5.41, 5.74) is 7.67. The van der Waals surface area contributed by atoms with E-state index in [-0.39, 0.29) is 6.04 Å². The van der Waals surface area contributed by atoms with Gasteiger partial charge in [-0.3, -0.25) is 0 Å². The second-order valence-corrected chi connectivity index (χ2v) is 5.11. The van der Waals surface area contributed by atoms with Gasteiger partial charge in [0.15, 0.2) is 0 Å². The van der Waals surface area contributed by atoms with Crippen LogP contribution in [0, 0.1) is 6.92 Å². The average molecular weight is 284 g/mol. The molecule has 1 aromatic carbocycles. The first-order valence-corrected chi connectivity index (χ1v) is 6.59. The molecule has 0 radical (unpaired) electrons. The van der Waals surface area contributed by atoms with Gasteiger partial charge in [0.2, 0.25) is 0 Å². The molecule has 2 aromatic rings. The van der Waals surface area contributed by atoms with Crippen molar-refractivity contribution in [2.75, 3.05) is 0 Å². The van der Waals surface area contributed by atoms with E-state index in [1.54, 1.807) is 0 Å². The first kappa shape index (κ1) is 13.5. The Morgan fingerprint density at radius 2 is 1.94 bits per heavy atom. The third-order valence-electron chi connectivity index (χ3n) is 2.95. The molecule has 0 aliphatic rings. The van der Waals surface area contributed by atoms with E-state index in [1.807, 2.05) is 38.1 Å². The molecule has 0 aliphatic heterocycles. The number of furan rings is 1. The van der Waals surface area contributed by atoms with E-state index in [4.69, 9.17) is 33.4 Å². The predicted octanol–water partition coefficient (Wildman–Crippen LogP) is 4.97. The molecule has 96 valence electrons. The van der Waals surface area contributed by atoms with Crippen LogP contribution in [0.5, 0.6) is 0 Å². The van der Waals surface area contributed by atoms with Crippen LogP contribution >= 0.6 is 23.2 Å². The molecule has 0 saturated heterocycles. The van der Waals surface area contributed by atoms with E-state index in [0.717, 1.165) is 23.3 Å². The number of hydrogen-bond acceptors (Lipinski definition) is 2. The first-order valence-electron chi connectivity index (χ1n) is 5.84. The van der Waals surface area contributed by atoms with E-state index >= 15 is 0 Å². The van der Waals surface area contributed by atoms with E-state index in [0.29, 0.717) is 15.8 Å². The molecule has 1 heterocycles. The Labute approximate surface area is 117 Å². The van der Waals surface area contributed by atoms with E-state index in [1.165, 1.54) is 0 Å². The number of halogens is 2. The maximum atomic E-state index is 6.21. The lowest BCUT2D eigenvalue weighted by Gasteiger charge is -2.06. The molecule has 2 nitrogen and oxygen atoms in total. The van der Waals surface area contributed by atoms with Crippen molar-refractivity contribution in [1.29, 1.82) is 0 Å². The van der Waals surface area contributed by atoms with Crippen LogP contribution < -0.4 is 5.73 Å². The summed E-state index contributed by atoms with van der Waals surface area (Å²) < 4.78 is 5.73. The fourth-order valence-electron chi connectivity index (χ4n) is 1.73. The fraction of sp³-hybridized carbons (Fsp3) is 0.286. The molecule has 18 heavy (non-hydrogen) atoms. The van der Waals surface area contributed by atoms with Crippen LogP contribution in [0.3, 0.4) is 0 Å². The summed E-state index contributed by atoms with van der Waals surface area (Å²) in [7, 11) is 0. The minimum absolute atomic E-state index is 0.0848. The van der Waals surface area contributed by atoms with Crippen molar-refractivity contribution in [2.45, 2.75) is 26.3 Å². The quantitative estimate of drug-likeness (QED) is 0.864. The van der Waals surface area contributed by atoms with E-state index < -0.39 is 0 Å². The lowest BCUT2D eigenvalue weighted by molar-refractivity contribution is 0.470.